The number of anilines is 1. The molecule has 1 aromatic heterocycles. The first-order valence-electron chi connectivity index (χ1n) is 6.88. The van der Waals surface area contributed by atoms with Crippen molar-refractivity contribution in [2.24, 2.45) is 0 Å². The van der Waals surface area contributed by atoms with Crippen molar-refractivity contribution < 1.29 is 19.1 Å². The Kier molecular flexibility index (Phi) is 5.35. The summed E-state index contributed by atoms with van der Waals surface area (Å²) in [7, 11) is 0. The minimum absolute atomic E-state index is 0.247. The third-order valence-corrected chi connectivity index (χ3v) is 2.78. The molecule has 0 unspecified atom stereocenters. The van der Waals surface area contributed by atoms with Gasteiger partial charge >= 0.3 is 6.09 Å². The molecule has 0 aliphatic heterocycles. The van der Waals surface area contributed by atoms with Gasteiger partial charge in [0.25, 0.3) is 11.8 Å². The van der Waals surface area contributed by atoms with E-state index in [0.29, 0.717) is 11.4 Å². The summed E-state index contributed by atoms with van der Waals surface area (Å²) in [6.45, 7) is 1.94. The number of nitrogens with one attached hydrogen (secondary N) is 4. The summed E-state index contributed by atoms with van der Waals surface area (Å²) < 4.78 is 4.76. The number of rotatable bonds is 4. The molecule has 0 radical (unpaired) electrons. The maximum atomic E-state index is 12.0. The second-order valence-corrected chi connectivity index (χ2v) is 4.42. The molecule has 0 spiro atoms. The van der Waals surface area contributed by atoms with Crippen LogP contribution in [0, 0.1) is 0 Å². The Labute approximate surface area is 132 Å². The van der Waals surface area contributed by atoms with Crippen LogP contribution in [0.1, 0.15) is 27.8 Å². The average Bonchev–Trinajstić information content (AvgIpc) is 3.07. The fourth-order valence-electron chi connectivity index (χ4n) is 1.75. The zero-order valence-electron chi connectivity index (χ0n) is 12.4. The second-order valence-electron chi connectivity index (χ2n) is 4.42. The van der Waals surface area contributed by atoms with Crippen LogP contribution in [-0.4, -0.2) is 29.5 Å². The summed E-state index contributed by atoms with van der Waals surface area (Å²) in [5.41, 5.74) is 5.57. The normalized spacial score (nSPS) is 9.78. The van der Waals surface area contributed by atoms with Gasteiger partial charge in [-0.1, -0.05) is 6.07 Å². The second kappa shape index (κ2) is 7.64. The van der Waals surface area contributed by atoms with Gasteiger partial charge in [-0.25, -0.2) is 4.79 Å². The molecule has 0 aliphatic rings. The Balaban J connectivity index is 1.94. The molecule has 0 saturated heterocycles. The predicted molar refractivity (Wildman–Crippen MR) is 82.8 cm³/mol. The average molecular weight is 316 g/mol. The number of aromatic amines is 1. The van der Waals surface area contributed by atoms with Crippen molar-refractivity contribution in [3.63, 3.8) is 0 Å². The number of carbonyl (C=O) groups excluding carboxylic acids is 3. The first-order valence-corrected chi connectivity index (χ1v) is 6.88. The van der Waals surface area contributed by atoms with E-state index in [4.69, 9.17) is 4.74 Å². The van der Waals surface area contributed by atoms with E-state index in [-0.39, 0.29) is 12.2 Å². The van der Waals surface area contributed by atoms with E-state index >= 15 is 0 Å². The molecule has 8 nitrogen and oxygen atoms in total. The van der Waals surface area contributed by atoms with Gasteiger partial charge in [0.05, 0.1) is 6.61 Å². The third-order valence-electron chi connectivity index (χ3n) is 2.78. The lowest BCUT2D eigenvalue weighted by molar-refractivity contribution is 0.0844. The molecule has 1 aromatic carbocycles. The highest BCUT2D eigenvalue weighted by atomic mass is 16.5. The topological polar surface area (TPSA) is 112 Å². The van der Waals surface area contributed by atoms with Crippen LogP contribution >= 0.6 is 0 Å². The minimum atomic E-state index is -0.606. The number of amides is 3. The Hall–Kier alpha value is -3.29. The van der Waals surface area contributed by atoms with E-state index in [2.05, 4.69) is 21.2 Å². The van der Waals surface area contributed by atoms with E-state index < -0.39 is 17.9 Å². The summed E-state index contributed by atoms with van der Waals surface area (Å²) in [6, 6.07) is 9.47. The predicted octanol–water partition coefficient (Wildman–Crippen LogP) is 1.66. The molecular weight excluding hydrogens is 300 g/mol. The van der Waals surface area contributed by atoms with Crippen molar-refractivity contribution in [3.05, 3.63) is 53.9 Å². The molecule has 23 heavy (non-hydrogen) atoms. The van der Waals surface area contributed by atoms with Gasteiger partial charge in [-0.2, -0.15) is 0 Å². The fraction of sp³-hybridized carbons (Fsp3) is 0.133. The lowest BCUT2D eigenvalue weighted by atomic mass is 10.2. The van der Waals surface area contributed by atoms with E-state index in [1.54, 1.807) is 43.5 Å². The summed E-state index contributed by atoms with van der Waals surface area (Å²) in [5.74, 6) is -0.985. The number of hydrogen-bond donors (Lipinski definition) is 4. The monoisotopic (exact) mass is 316 g/mol. The molecular formula is C15H16N4O4. The number of benzene rings is 1. The summed E-state index contributed by atoms with van der Waals surface area (Å²) >= 11 is 0. The van der Waals surface area contributed by atoms with Gasteiger partial charge in [-0.3, -0.25) is 25.8 Å². The molecule has 0 bridgehead atoms. The smallest absolute Gasteiger partial charge is 0.411 e. The Morgan fingerprint density at radius 2 is 1.87 bits per heavy atom. The number of hydrogen-bond acceptors (Lipinski definition) is 4. The number of hydrazine groups is 1. The standard InChI is InChI=1S/C15H16N4O4/c1-2-23-15(22)17-11-6-3-5-10(9-11)13(20)18-19-14(21)12-7-4-8-16-12/h3-9,16H,2H2,1H3,(H,17,22)(H,18,20)(H,19,21). The van der Waals surface area contributed by atoms with Crippen molar-refractivity contribution in [1.82, 2.24) is 15.8 Å². The molecule has 0 saturated carbocycles. The van der Waals surface area contributed by atoms with Crippen molar-refractivity contribution >= 4 is 23.6 Å². The molecule has 2 aromatic rings. The first kappa shape index (κ1) is 16.1. The van der Waals surface area contributed by atoms with Gasteiger partial charge in [0.1, 0.15) is 5.69 Å². The molecule has 120 valence electrons. The highest BCUT2D eigenvalue weighted by Crippen LogP contribution is 2.10. The largest absolute Gasteiger partial charge is 0.450 e. The number of aromatic nitrogens is 1. The van der Waals surface area contributed by atoms with Gasteiger partial charge in [-0.15, -0.1) is 0 Å². The van der Waals surface area contributed by atoms with Crippen LogP contribution in [0.2, 0.25) is 0 Å². The van der Waals surface area contributed by atoms with Crippen LogP contribution in [0.4, 0.5) is 10.5 Å². The van der Waals surface area contributed by atoms with Crippen molar-refractivity contribution in [2.45, 2.75) is 6.92 Å². The minimum Gasteiger partial charge on any atom is -0.450 e. The van der Waals surface area contributed by atoms with Gasteiger partial charge in [-0.05, 0) is 37.3 Å². The van der Waals surface area contributed by atoms with Crippen LogP contribution in [0.15, 0.2) is 42.6 Å². The lowest BCUT2D eigenvalue weighted by Gasteiger charge is -2.09. The van der Waals surface area contributed by atoms with Crippen LogP contribution in [0.3, 0.4) is 0 Å². The van der Waals surface area contributed by atoms with E-state index in [0.717, 1.165) is 0 Å². The van der Waals surface area contributed by atoms with Crippen molar-refractivity contribution in [1.29, 1.82) is 0 Å². The Bertz CT molecular complexity index is 697. The quantitative estimate of drug-likeness (QED) is 0.642. The van der Waals surface area contributed by atoms with Crippen LogP contribution in [0.25, 0.3) is 0 Å². The maximum Gasteiger partial charge on any atom is 0.411 e. The molecule has 2 rings (SSSR count). The van der Waals surface area contributed by atoms with E-state index in [1.165, 1.54) is 6.07 Å². The summed E-state index contributed by atoms with van der Waals surface area (Å²) in [5, 5.41) is 2.49. The summed E-state index contributed by atoms with van der Waals surface area (Å²) in [6.07, 6.45) is 0.992. The Morgan fingerprint density at radius 1 is 1.09 bits per heavy atom. The zero-order valence-corrected chi connectivity index (χ0v) is 12.4. The van der Waals surface area contributed by atoms with Crippen LogP contribution in [0.5, 0.6) is 0 Å². The highest BCUT2D eigenvalue weighted by Gasteiger charge is 2.10. The van der Waals surface area contributed by atoms with E-state index in [1.807, 2.05) is 0 Å². The lowest BCUT2D eigenvalue weighted by Crippen LogP contribution is -2.41. The van der Waals surface area contributed by atoms with Gasteiger partial charge in [0, 0.05) is 17.4 Å². The molecule has 0 fully saturated rings. The van der Waals surface area contributed by atoms with Crippen LogP contribution < -0.4 is 16.2 Å². The number of ether oxygens (including phenoxy) is 1. The molecule has 0 atom stereocenters. The SMILES string of the molecule is CCOC(=O)Nc1cccc(C(=O)NNC(=O)c2ccc[nH]2)c1. The van der Waals surface area contributed by atoms with Crippen molar-refractivity contribution in [3.8, 4) is 0 Å². The van der Waals surface area contributed by atoms with Gasteiger partial charge < -0.3 is 9.72 Å². The van der Waals surface area contributed by atoms with Crippen molar-refractivity contribution in [2.75, 3.05) is 11.9 Å². The molecule has 4 N–H and O–H groups in total. The van der Waals surface area contributed by atoms with Crippen LogP contribution in [-0.2, 0) is 4.74 Å². The maximum absolute atomic E-state index is 12.0. The summed E-state index contributed by atoms with van der Waals surface area (Å²) in [4.78, 5) is 37.8. The van der Waals surface area contributed by atoms with Gasteiger partial charge in [0.15, 0.2) is 0 Å². The van der Waals surface area contributed by atoms with Gasteiger partial charge in [0.2, 0.25) is 0 Å². The van der Waals surface area contributed by atoms with E-state index in [9.17, 15) is 14.4 Å². The number of H-pyrrole nitrogens is 1. The molecule has 0 aliphatic carbocycles. The molecule has 8 heteroatoms. The fourth-order valence-corrected chi connectivity index (χ4v) is 1.75. The molecule has 1 heterocycles. The first-order chi connectivity index (χ1) is 11.1. The zero-order chi connectivity index (χ0) is 16.7. The molecule has 3 amide bonds. The number of carbonyl (C=O) groups is 3. The Morgan fingerprint density at radius 3 is 2.57 bits per heavy atom. The highest BCUT2D eigenvalue weighted by molar-refractivity contribution is 5.99. The third kappa shape index (κ3) is 4.60.